The van der Waals surface area contributed by atoms with E-state index in [0.29, 0.717) is 6.04 Å². The predicted molar refractivity (Wildman–Crippen MR) is 83.7 cm³/mol. The zero-order chi connectivity index (χ0) is 13.7. The van der Waals surface area contributed by atoms with Crippen molar-refractivity contribution in [2.45, 2.75) is 39.7 Å². The van der Waals surface area contributed by atoms with Crippen molar-refractivity contribution < 1.29 is 0 Å². The van der Waals surface area contributed by atoms with E-state index in [-0.39, 0.29) is 0 Å². The normalized spacial score (nSPS) is 12.2. The molecule has 0 radical (unpaired) electrons. The fourth-order valence-corrected chi connectivity index (χ4v) is 2.53. The molecule has 2 rings (SSSR count). The van der Waals surface area contributed by atoms with Gasteiger partial charge in [0.05, 0.1) is 0 Å². The quantitative estimate of drug-likeness (QED) is 0.779. The summed E-state index contributed by atoms with van der Waals surface area (Å²) in [4.78, 5) is 0. The molecule has 0 aliphatic heterocycles. The fourth-order valence-electron chi connectivity index (χ4n) is 2.53. The maximum atomic E-state index is 3.65. The van der Waals surface area contributed by atoms with E-state index in [1.807, 2.05) is 0 Å². The minimum atomic E-state index is 0.333. The molecular formula is C18H23N. The first-order valence-electron chi connectivity index (χ1n) is 7.12. The Balaban J connectivity index is 2.19. The summed E-state index contributed by atoms with van der Waals surface area (Å²) in [6.07, 6.45) is 2.31. The second-order valence-electron chi connectivity index (χ2n) is 5.13. The lowest BCUT2D eigenvalue weighted by Crippen LogP contribution is -2.09. The summed E-state index contributed by atoms with van der Waals surface area (Å²) in [6, 6.07) is 17.5. The smallest absolute Gasteiger partial charge is 0.0488 e. The number of nitrogens with one attached hydrogen (secondary N) is 1. The molecule has 1 heteroatoms. The summed E-state index contributed by atoms with van der Waals surface area (Å²) in [5, 5.41) is 3.65. The molecule has 0 saturated carbocycles. The molecule has 2 aromatic rings. The maximum Gasteiger partial charge on any atom is 0.0488 e. The monoisotopic (exact) mass is 253 g/mol. The van der Waals surface area contributed by atoms with Gasteiger partial charge in [-0.3, -0.25) is 0 Å². The van der Waals surface area contributed by atoms with Crippen molar-refractivity contribution >= 4 is 5.69 Å². The number of para-hydroxylation sites is 1. The molecule has 19 heavy (non-hydrogen) atoms. The number of anilines is 1. The van der Waals surface area contributed by atoms with Gasteiger partial charge in [0.2, 0.25) is 0 Å². The van der Waals surface area contributed by atoms with Gasteiger partial charge < -0.3 is 5.32 Å². The summed E-state index contributed by atoms with van der Waals surface area (Å²) in [6.45, 7) is 6.62. The van der Waals surface area contributed by atoms with Crippen LogP contribution in [0.4, 0.5) is 5.69 Å². The number of hydrogen-bond donors (Lipinski definition) is 1. The van der Waals surface area contributed by atoms with Gasteiger partial charge in [-0.25, -0.2) is 0 Å². The van der Waals surface area contributed by atoms with E-state index in [1.165, 1.54) is 28.8 Å². The Hall–Kier alpha value is -1.76. The van der Waals surface area contributed by atoms with Crippen LogP contribution in [0.3, 0.4) is 0 Å². The average Bonchev–Trinajstić information content (AvgIpc) is 2.41. The Kier molecular flexibility index (Phi) is 4.62. The molecular weight excluding hydrogens is 230 g/mol. The summed E-state index contributed by atoms with van der Waals surface area (Å²) < 4.78 is 0. The van der Waals surface area contributed by atoms with E-state index in [4.69, 9.17) is 0 Å². The van der Waals surface area contributed by atoms with Gasteiger partial charge in [-0.1, -0.05) is 55.8 Å². The number of hydrogen-bond acceptors (Lipinski definition) is 1. The van der Waals surface area contributed by atoms with Crippen LogP contribution in [-0.4, -0.2) is 0 Å². The lowest BCUT2D eigenvalue weighted by Gasteiger charge is -2.20. The second-order valence-corrected chi connectivity index (χ2v) is 5.13. The highest BCUT2D eigenvalue weighted by Crippen LogP contribution is 2.25. The highest BCUT2D eigenvalue weighted by molar-refractivity contribution is 5.53. The Morgan fingerprint density at radius 3 is 2.42 bits per heavy atom. The Labute approximate surface area is 116 Å². The molecule has 0 fully saturated rings. The van der Waals surface area contributed by atoms with Gasteiger partial charge in [0, 0.05) is 11.7 Å². The molecule has 0 spiro atoms. The third kappa shape index (κ3) is 3.37. The number of benzene rings is 2. The standard InChI is InChI=1S/C18H23N/c1-4-9-16-11-6-8-13-18(16)19-15(3)17-12-7-5-10-14(17)2/h5-8,10-13,15,19H,4,9H2,1-3H3. The maximum absolute atomic E-state index is 3.65. The highest BCUT2D eigenvalue weighted by Gasteiger charge is 2.09. The van der Waals surface area contributed by atoms with Crippen LogP contribution in [0.15, 0.2) is 48.5 Å². The number of aryl methyl sites for hydroxylation is 2. The fraction of sp³-hybridized carbons (Fsp3) is 0.333. The Bertz CT molecular complexity index is 531. The molecule has 0 aliphatic carbocycles. The molecule has 0 saturated heterocycles. The summed E-state index contributed by atoms with van der Waals surface area (Å²) >= 11 is 0. The van der Waals surface area contributed by atoms with E-state index in [2.05, 4.69) is 74.6 Å². The lowest BCUT2D eigenvalue weighted by molar-refractivity contribution is 0.859. The third-order valence-electron chi connectivity index (χ3n) is 3.56. The molecule has 1 N–H and O–H groups in total. The molecule has 0 amide bonds. The van der Waals surface area contributed by atoms with E-state index in [0.717, 1.165) is 6.42 Å². The minimum Gasteiger partial charge on any atom is -0.378 e. The van der Waals surface area contributed by atoms with E-state index < -0.39 is 0 Å². The highest BCUT2D eigenvalue weighted by atomic mass is 14.9. The molecule has 1 atom stereocenters. The van der Waals surface area contributed by atoms with Crippen molar-refractivity contribution in [1.82, 2.24) is 0 Å². The largest absolute Gasteiger partial charge is 0.378 e. The van der Waals surface area contributed by atoms with E-state index in [9.17, 15) is 0 Å². The van der Waals surface area contributed by atoms with E-state index >= 15 is 0 Å². The molecule has 0 bridgehead atoms. The summed E-state index contributed by atoms with van der Waals surface area (Å²) in [5.74, 6) is 0. The molecule has 0 aromatic heterocycles. The van der Waals surface area contributed by atoms with Crippen molar-refractivity contribution in [3.63, 3.8) is 0 Å². The SMILES string of the molecule is CCCc1ccccc1NC(C)c1ccccc1C. The Morgan fingerprint density at radius 1 is 1.00 bits per heavy atom. The van der Waals surface area contributed by atoms with Crippen molar-refractivity contribution in [3.8, 4) is 0 Å². The topological polar surface area (TPSA) is 12.0 Å². The van der Waals surface area contributed by atoms with Crippen LogP contribution in [-0.2, 0) is 6.42 Å². The molecule has 2 aromatic carbocycles. The molecule has 1 nitrogen and oxygen atoms in total. The first-order chi connectivity index (χ1) is 9.22. The predicted octanol–water partition coefficient (Wildman–Crippen LogP) is 5.12. The van der Waals surface area contributed by atoms with Crippen LogP contribution >= 0.6 is 0 Å². The summed E-state index contributed by atoms with van der Waals surface area (Å²) in [5.41, 5.74) is 5.38. The third-order valence-corrected chi connectivity index (χ3v) is 3.56. The van der Waals surface area contributed by atoms with Gasteiger partial charge in [0.25, 0.3) is 0 Å². The lowest BCUT2D eigenvalue weighted by atomic mass is 10.0. The number of rotatable bonds is 5. The van der Waals surface area contributed by atoms with Gasteiger partial charge in [0.15, 0.2) is 0 Å². The van der Waals surface area contributed by atoms with Crippen LogP contribution < -0.4 is 5.32 Å². The van der Waals surface area contributed by atoms with Crippen molar-refractivity contribution in [3.05, 3.63) is 65.2 Å². The van der Waals surface area contributed by atoms with Gasteiger partial charge in [0.1, 0.15) is 0 Å². The zero-order valence-electron chi connectivity index (χ0n) is 12.1. The van der Waals surface area contributed by atoms with Crippen LogP contribution in [0.1, 0.15) is 43.0 Å². The van der Waals surface area contributed by atoms with Crippen LogP contribution in [0.5, 0.6) is 0 Å². The Morgan fingerprint density at radius 2 is 1.68 bits per heavy atom. The minimum absolute atomic E-state index is 0.333. The van der Waals surface area contributed by atoms with Crippen molar-refractivity contribution in [2.24, 2.45) is 0 Å². The van der Waals surface area contributed by atoms with E-state index in [1.54, 1.807) is 0 Å². The van der Waals surface area contributed by atoms with Crippen LogP contribution in [0.25, 0.3) is 0 Å². The van der Waals surface area contributed by atoms with Gasteiger partial charge in [-0.05, 0) is 43.0 Å². The molecule has 0 heterocycles. The first-order valence-corrected chi connectivity index (χ1v) is 7.12. The van der Waals surface area contributed by atoms with Crippen molar-refractivity contribution in [1.29, 1.82) is 0 Å². The second kappa shape index (κ2) is 6.42. The van der Waals surface area contributed by atoms with Gasteiger partial charge >= 0.3 is 0 Å². The first kappa shape index (κ1) is 13.7. The zero-order valence-corrected chi connectivity index (χ0v) is 12.1. The molecule has 1 unspecified atom stereocenters. The van der Waals surface area contributed by atoms with Crippen molar-refractivity contribution in [2.75, 3.05) is 5.32 Å². The van der Waals surface area contributed by atoms with Crippen LogP contribution in [0, 0.1) is 6.92 Å². The van der Waals surface area contributed by atoms with Gasteiger partial charge in [-0.15, -0.1) is 0 Å². The van der Waals surface area contributed by atoms with Crippen LogP contribution in [0.2, 0.25) is 0 Å². The summed E-state index contributed by atoms with van der Waals surface area (Å²) in [7, 11) is 0. The molecule has 0 aliphatic rings. The molecule has 100 valence electrons. The average molecular weight is 253 g/mol. The van der Waals surface area contributed by atoms with Gasteiger partial charge in [-0.2, -0.15) is 0 Å².